The van der Waals surface area contributed by atoms with Gasteiger partial charge in [-0.15, -0.1) is 0 Å². The number of benzene rings is 1. The third-order valence-electron chi connectivity index (χ3n) is 4.92. The number of ether oxygens (including phenoxy) is 1. The van der Waals surface area contributed by atoms with Crippen molar-refractivity contribution in [2.75, 3.05) is 11.5 Å². The minimum atomic E-state index is -4.64. The van der Waals surface area contributed by atoms with Crippen molar-refractivity contribution in [2.45, 2.75) is 17.9 Å². The summed E-state index contributed by atoms with van der Waals surface area (Å²) in [4.78, 5) is 26.2. The summed E-state index contributed by atoms with van der Waals surface area (Å²) in [6.45, 7) is -0.510. The van der Waals surface area contributed by atoms with Crippen molar-refractivity contribution in [3.8, 4) is 0 Å². The van der Waals surface area contributed by atoms with E-state index in [9.17, 15) is 27.9 Å². The number of amides is 2. The number of anilines is 1. The van der Waals surface area contributed by atoms with E-state index in [1.807, 2.05) is 0 Å². The van der Waals surface area contributed by atoms with Crippen LogP contribution in [0.25, 0.3) is 0 Å². The Labute approximate surface area is 144 Å². The van der Waals surface area contributed by atoms with E-state index >= 15 is 0 Å². The lowest BCUT2D eigenvalue weighted by Gasteiger charge is -2.26. The van der Waals surface area contributed by atoms with Gasteiger partial charge in [-0.3, -0.25) is 9.59 Å². The number of nitrogens with zero attached hydrogens (tertiary/aromatic N) is 1. The summed E-state index contributed by atoms with van der Waals surface area (Å²) >= 11 is 5.96. The van der Waals surface area contributed by atoms with Gasteiger partial charge in [-0.1, -0.05) is 23.8 Å². The first-order chi connectivity index (χ1) is 11.7. The molecule has 3 aliphatic heterocycles. The van der Waals surface area contributed by atoms with Crippen LogP contribution in [0.3, 0.4) is 0 Å². The van der Waals surface area contributed by atoms with E-state index in [0.29, 0.717) is 11.0 Å². The number of fused-ring (bicyclic) bond motifs is 5. The predicted octanol–water partition coefficient (Wildman–Crippen LogP) is 2.16. The van der Waals surface area contributed by atoms with Gasteiger partial charge in [0.15, 0.2) is 0 Å². The first kappa shape index (κ1) is 16.6. The number of carbonyl (C=O) groups is 2. The number of carbonyl (C=O) groups excluding carboxylic acids is 2. The molecule has 9 heteroatoms. The SMILES string of the molecule is O=C1[C@H]2[C@@H](C(=O)N1c1cc(C(F)(F)F)ccc1Cl)[C@]1(CO)C=C[C@H]2O1. The summed E-state index contributed by atoms with van der Waals surface area (Å²) in [7, 11) is 0. The second-order valence-corrected chi connectivity index (χ2v) is 6.64. The van der Waals surface area contributed by atoms with Crippen molar-refractivity contribution < 1.29 is 32.6 Å². The number of imide groups is 1. The third kappa shape index (κ3) is 2.11. The molecule has 2 bridgehead atoms. The minimum absolute atomic E-state index is 0.144. The van der Waals surface area contributed by atoms with E-state index in [1.165, 1.54) is 6.08 Å². The number of aliphatic hydroxyl groups is 1. The Morgan fingerprint density at radius 1 is 1.28 bits per heavy atom. The Morgan fingerprint density at radius 2 is 2.00 bits per heavy atom. The fraction of sp³-hybridized carbons (Fsp3) is 0.375. The summed E-state index contributed by atoms with van der Waals surface area (Å²) < 4.78 is 44.5. The average molecular weight is 374 g/mol. The lowest BCUT2D eigenvalue weighted by Crippen LogP contribution is -2.43. The number of aliphatic hydroxyl groups excluding tert-OH is 1. The Balaban J connectivity index is 1.79. The van der Waals surface area contributed by atoms with Crippen molar-refractivity contribution in [1.82, 2.24) is 0 Å². The monoisotopic (exact) mass is 373 g/mol. The summed E-state index contributed by atoms with van der Waals surface area (Å²) in [5, 5.41) is 9.48. The molecule has 2 fully saturated rings. The molecule has 2 amide bonds. The number of hydrogen-bond donors (Lipinski definition) is 1. The van der Waals surface area contributed by atoms with Crippen LogP contribution in [0.1, 0.15) is 5.56 Å². The van der Waals surface area contributed by atoms with Gasteiger partial charge in [0, 0.05) is 0 Å². The fourth-order valence-electron chi connectivity index (χ4n) is 3.78. The first-order valence-electron chi connectivity index (χ1n) is 7.42. The third-order valence-corrected chi connectivity index (χ3v) is 5.24. The van der Waals surface area contributed by atoms with Crippen molar-refractivity contribution in [1.29, 1.82) is 0 Å². The van der Waals surface area contributed by atoms with Crippen molar-refractivity contribution in [2.24, 2.45) is 11.8 Å². The van der Waals surface area contributed by atoms with Crippen LogP contribution in [0.5, 0.6) is 0 Å². The van der Waals surface area contributed by atoms with E-state index in [1.54, 1.807) is 6.08 Å². The molecule has 0 unspecified atom stereocenters. The molecule has 1 N–H and O–H groups in total. The van der Waals surface area contributed by atoms with Crippen molar-refractivity contribution in [3.63, 3.8) is 0 Å². The minimum Gasteiger partial charge on any atom is -0.393 e. The fourth-order valence-corrected chi connectivity index (χ4v) is 3.98. The molecule has 0 radical (unpaired) electrons. The van der Waals surface area contributed by atoms with Crippen molar-refractivity contribution >= 4 is 29.1 Å². The van der Waals surface area contributed by atoms with Crippen LogP contribution in [0.4, 0.5) is 18.9 Å². The molecule has 132 valence electrons. The quantitative estimate of drug-likeness (QED) is 0.637. The van der Waals surface area contributed by atoms with E-state index in [0.717, 1.165) is 12.1 Å². The molecule has 3 heterocycles. The lowest BCUT2D eigenvalue weighted by molar-refractivity contribution is -0.137. The van der Waals surface area contributed by atoms with Crippen LogP contribution in [0, 0.1) is 11.8 Å². The van der Waals surface area contributed by atoms with Gasteiger partial charge < -0.3 is 9.84 Å². The predicted molar refractivity (Wildman–Crippen MR) is 79.8 cm³/mol. The maximum Gasteiger partial charge on any atom is 0.416 e. The van der Waals surface area contributed by atoms with Gasteiger partial charge >= 0.3 is 6.18 Å². The molecule has 25 heavy (non-hydrogen) atoms. The van der Waals surface area contributed by atoms with Crippen LogP contribution in [0.15, 0.2) is 30.4 Å². The zero-order chi connectivity index (χ0) is 18.1. The van der Waals surface area contributed by atoms with Gasteiger partial charge in [-0.05, 0) is 18.2 Å². The molecule has 0 aromatic heterocycles. The maximum atomic E-state index is 13.0. The van der Waals surface area contributed by atoms with Gasteiger partial charge in [0.25, 0.3) is 0 Å². The lowest BCUT2D eigenvalue weighted by atomic mass is 9.77. The summed E-state index contributed by atoms with van der Waals surface area (Å²) in [5.74, 6) is -3.26. The largest absolute Gasteiger partial charge is 0.416 e. The molecular weight excluding hydrogens is 363 g/mol. The Hall–Kier alpha value is -1.90. The van der Waals surface area contributed by atoms with E-state index < -0.39 is 53.7 Å². The maximum absolute atomic E-state index is 13.0. The highest BCUT2D eigenvalue weighted by atomic mass is 35.5. The highest BCUT2D eigenvalue weighted by Gasteiger charge is 2.67. The van der Waals surface area contributed by atoms with Crippen LogP contribution in [0.2, 0.25) is 5.02 Å². The van der Waals surface area contributed by atoms with Gasteiger partial charge in [0.2, 0.25) is 11.8 Å². The smallest absolute Gasteiger partial charge is 0.393 e. The number of hydrogen-bond acceptors (Lipinski definition) is 4. The molecule has 4 rings (SSSR count). The normalized spacial score (nSPS) is 33.5. The van der Waals surface area contributed by atoms with E-state index in [2.05, 4.69) is 0 Å². The van der Waals surface area contributed by atoms with Gasteiger partial charge in [0.1, 0.15) is 5.60 Å². The zero-order valence-electron chi connectivity index (χ0n) is 12.5. The van der Waals surface area contributed by atoms with Gasteiger partial charge in [-0.25, -0.2) is 4.90 Å². The van der Waals surface area contributed by atoms with Crippen molar-refractivity contribution in [3.05, 3.63) is 40.9 Å². The summed E-state index contributed by atoms with van der Waals surface area (Å²) in [6, 6.07) is 2.46. The molecule has 0 saturated carbocycles. The van der Waals surface area contributed by atoms with E-state index in [-0.39, 0.29) is 10.7 Å². The second-order valence-electron chi connectivity index (χ2n) is 6.23. The molecule has 5 nitrogen and oxygen atoms in total. The summed E-state index contributed by atoms with van der Waals surface area (Å²) in [5.41, 5.74) is -2.64. The Kier molecular flexibility index (Phi) is 3.35. The van der Waals surface area contributed by atoms with Crippen LogP contribution in [-0.4, -0.2) is 35.2 Å². The number of halogens is 4. The topological polar surface area (TPSA) is 66.8 Å². The highest BCUT2D eigenvalue weighted by Crippen LogP contribution is 2.53. The molecule has 3 aliphatic rings. The molecule has 2 saturated heterocycles. The molecule has 0 spiro atoms. The number of alkyl halides is 3. The average Bonchev–Trinajstić information content (AvgIpc) is 3.19. The molecule has 4 atom stereocenters. The second kappa shape index (κ2) is 5.06. The summed E-state index contributed by atoms with van der Waals surface area (Å²) in [6.07, 6.45) is -2.22. The highest BCUT2D eigenvalue weighted by molar-refractivity contribution is 6.36. The van der Waals surface area contributed by atoms with E-state index in [4.69, 9.17) is 16.3 Å². The van der Waals surface area contributed by atoms with Gasteiger partial charge in [0.05, 0.1) is 40.8 Å². The first-order valence-corrected chi connectivity index (χ1v) is 7.80. The molecule has 0 aliphatic carbocycles. The zero-order valence-corrected chi connectivity index (χ0v) is 13.2. The Bertz CT molecular complexity index is 824. The number of rotatable bonds is 2. The van der Waals surface area contributed by atoms with Crippen LogP contribution in [-0.2, 0) is 20.5 Å². The van der Waals surface area contributed by atoms with Crippen LogP contribution >= 0.6 is 11.6 Å². The van der Waals surface area contributed by atoms with Gasteiger partial charge in [-0.2, -0.15) is 13.2 Å². The Morgan fingerprint density at radius 3 is 2.64 bits per heavy atom. The molecular formula is C16H11ClF3NO4. The standard InChI is InChI=1S/C16H11ClF3NO4/c17-8-2-1-7(16(18,19)20)5-9(8)21-13(23)11-10-3-4-15(6-22,25-10)12(11)14(21)24/h1-5,10-12,22H,6H2/t10-,11-,12+,15-/m1/s1. The molecule has 1 aromatic rings. The molecule has 1 aromatic carbocycles. The van der Waals surface area contributed by atoms with Crippen LogP contribution < -0.4 is 4.90 Å².